The number of carbonyl (C=O) groups is 1. The normalized spacial score (nSPS) is 11.0. The summed E-state index contributed by atoms with van der Waals surface area (Å²) >= 11 is 9.18. The van der Waals surface area contributed by atoms with E-state index in [1.807, 2.05) is 35.7 Å². The highest BCUT2D eigenvalue weighted by Gasteiger charge is 2.18. The molecule has 4 aromatic rings. The Hall–Kier alpha value is -2.21. The first-order chi connectivity index (χ1) is 12.5. The molecule has 2 aromatic carbocycles. The van der Waals surface area contributed by atoms with E-state index < -0.39 is 0 Å². The maximum absolute atomic E-state index is 12.6. The second-order valence-corrected chi connectivity index (χ2v) is 8.32. The highest BCUT2D eigenvalue weighted by molar-refractivity contribution is 7.21. The second-order valence-electron chi connectivity index (χ2n) is 6.03. The number of halogens is 1. The van der Waals surface area contributed by atoms with Gasteiger partial charge in [0.2, 0.25) is 0 Å². The van der Waals surface area contributed by atoms with E-state index in [0.29, 0.717) is 15.0 Å². The molecule has 3 nitrogen and oxygen atoms in total. The van der Waals surface area contributed by atoms with Crippen molar-refractivity contribution in [1.29, 1.82) is 0 Å². The van der Waals surface area contributed by atoms with Crippen LogP contribution in [0.1, 0.15) is 20.8 Å². The summed E-state index contributed by atoms with van der Waals surface area (Å²) in [5.74, 6) is -0.225. The van der Waals surface area contributed by atoms with E-state index in [4.69, 9.17) is 11.6 Å². The minimum absolute atomic E-state index is 0.225. The third-order valence-corrected chi connectivity index (χ3v) is 6.70. The van der Waals surface area contributed by atoms with Crippen molar-refractivity contribution in [3.05, 3.63) is 68.9 Å². The standard InChI is InChI=1S/C20H15ClN2OS2/c1-11-7-8-13(9-12(11)2)15-10-25-20(22-15)23-19(24)18-17(21)14-5-3-4-6-16(14)26-18/h3-10H,1-2H3,(H,22,23,24). The molecule has 2 aromatic heterocycles. The van der Waals surface area contributed by atoms with Gasteiger partial charge in [0, 0.05) is 21.0 Å². The first-order valence-corrected chi connectivity index (χ1v) is 10.1. The molecule has 0 radical (unpaired) electrons. The molecule has 26 heavy (non-hydrogen) atoms. The second kappa shape index (κ2) is 6.83. The van der Waals surface area contributed by atoms with Gasteiger partial charge in [0.05, 0.1) is 10.7 Å². The third kappa shape index (κ3) is 3.14. The van der Waals surface area contributed by atoms with Crippen LogP contribution in [0.5, 0.6) is 0 Å². The molecule has 1 N–H and O–H groups in total. The fourth-order valence-corrected chi connectivity index (χ4v) is 4.81. The van der Waals surface area contributed by atoms with E-state index in [1.165, 1.54) is 33.8 Å². The minimum Gasteiger partial charge on any atom is -0.297 e. The number of benzene rings is 2. The van der Waals surface area contributed by atoms with Gasteiger partial charge in [-0.25, -0.2) is 4.98 Å². The average molecular weight is 399 g/mol. The highest BCUT2D eigenvalue weighted by Crippen LogP contribution is 2.36. The molecule has 0 unspecified atom stereocenters. The van der Waals surface area contributed by atoms with Crippen LogP contribution in [0.4, 0.5) is 5.13 Å². The number of hydrogen-bond acceptors (Lipinski definition) is 4. The molecule has 0 aliphatic rings. The Morgan fingerprint density at radius 2 is 1.92 bits per heavy atom. The predicted octanol–water partition coefficient (Wildman–Crippen LogP) is 6.55. The van der Waals surface area contributed by atoms with E-state index in [1.54, 1.807) is 0 Å². The van der Waals surface area contributed by atoms with Crippen molar-refractivity contribution < 1.29 is 4.79 Å². The van der Waals surface area contributed by atoms with Gasteiger partial charge in [-0.2, -0.15) is 0 Å². The number of fused-ring (bicyclic) bond motifs is 1. The molecular formula is C20H15ClN2OS2. The quantitative estimate of drug-likeness (QED) is 0.425. The molecule has 0 bridgehead atoms. The van der Waals surface area contributed by atoms with Gasteiger partial charge < -0.3 is 0 Å². The van der Waals surface area contributed by atoms with Crippen LogP contribution < -0.4 is 5.32 Å². The smallest absolute Gasteiger partial charge is 0.269 e. The lowest BCUT2D eigenvalue weighted by Gasteiger charge is -2.02. The van der Waals surface area contributed by atoms with Crippen LogP contribution in [0.3, 0.4) is 0 Å². The molecule has 0 spiro atoms. The number of anilines is 1. The van der Waals surface area contributed by atoms with Crippen molar-refractivity contribution in [2.24, 2.45) is 0 Å². The highest BCUT2D eigenvalue weighted by atomic mass is 35.5. The summed E-state index contributed by atoms with van der Waals surface area (Å²) in [5.41, 5.74) is 4.37. The largest absolute Gasteiger partial charge is 0.297 e. The third-order valence-electron chi connectivity index (χ3n) is 4.27. The number of aryl methyl sites for hydroxylation is 2. The van der Waals surface area contributed by atoms with Gasteiger partial charge in [-0.15, -0.1) is 22.7 Å². The van der Waals surface area contributed by atoms with Crippen LogP contribution >= 0.6 is 34.3 Å². The Bertz CT molecular complexity index is 1130. The van der Waals surface area contributed by atoms with Crippen molar-refractivity contribution in [2.75, 3.05) is 5.32 Å². The molecule has 6 heteroatoms. The Morgan fingerprint density at radius 1 is 1.12 bits per heavy atom. The maximum Gasteiger partial charge on any atom is 0.269 e. The number of aromatic nitrogens is 1. The van der Waals surface area contributed by atoms with Gasteiger partial charge in [0.15, 0.2) is 5.13 Å². The minimum atomic E-state index is -0.225. The zero-order valence-corrected chi connectivity index (χ0v) is 16.6. The van der Waals surface area contributed by atoms with E-state index >= 15 is 0 Å². The zero-order valence-electron chi connectivity index (χ0n) is 14.2. The number of nitrogens with one attached hydrogen (secondary N) is 1. The summed E-state index contributed by atoms with van der Waals surface area (Å²) in [7, 11) is 0. The summed E-state index contributed by atoms with van der Waals surface area (Å²) < 4.78 is 0.998. The van der Waals surface area contributed by atoms with Crippen molar-refractivity contribution in [3.63, 3.8) is 0 Å². The molecule has 0 fully saturated rings. The van der Waals surface area contributed by atoms with E-state index in [-0.39, 0.29) is 5.91 Å². The van der Waals surface area contributed by atoms with Crippen LogP contribution in [0.15, 0.2) is 47.8 Å². The van der Waals surface area contributed by atoms with Gasteiger partial charge in [0.25, 0.3) is 5.91 Å². The number of rotatable bonds is 3. The lowest BCUT2D eigenvalue weighted by atomic mass is 10.1. The van der Waals surface area contributed by atoms with Crippen LogP contribution in [-0.2, 0) is 0 Å². The molecule has 1 amide bonds. The molecule has 0 aliphatic heterocycles. The lowest BCUT2D eigenvalue weighted by Crippen LogP contribution is -2.10. The van der Waals surface area contributed by atoms with E-state index in [9.17, 15) is 4.79 Å². The fraction of sp³-hybridized carbons (Fsp3) is 0.100. The van der Waals surface area contributed by atoms with Crippen LogP contribution in [-0.4, -0.2) is 10.9 Å². The maximum atomic E-state index is 12.6. The van der Waals surface area contributed by atoms with Crippen molar-refractivity contribution in [3.8, 4) is 11.3 Å². The number of thiophene rings is 1. The van der Waals surface area contributed by atoms with Gasteiger partial charge in [-0.05, 0) is 37.1 Å². The summed E-state index contributed by atoms with van der Waals surface area (Å²) in [6, 6.07) is 14.0. The van der Waals surface area contributed by atoms with Crippen molar-refractivity contribution in [1.82, 2.24) is 4.98 Å². The number of carbonyl (C=O) groups excluding carboxylic acids is 1. The summed E-state index contributed by atoms with van der Waals surface area (Å²) in [4.78, 5) is 17.7. The number of amides is 1. The molecular weight excluding hydrogens is 384 g/mol. The van der Waals surface area contributed by atoms with Gasteiger partial charge in [0.1, 0.15) is 4.88 Å². The average Bonchev–Trinajstić information content (AvgIpc) is 3.23. The first-order valence-electron chi connectivity index (χ1n) is 8.04. The molecule has 4 rings (SSSR count). The van der Waals surface area contributed by atoms with Crippen LogP contribution in [0.2, 0.25) is 5.02 Å². The topological polar surface area (TPSA) is 42.0 Å². The first kappa shape index (κ1) is 17.2. The van der Waals surface area contributed by atoms with E-state index in [0.717, 1.165) is 21.3 Å². The SMILES string of the molecule is Cc1ccc(-c2csc(NC(=O)c3sc4ccccc4c3Cl)n2)cc1C. The number of hydrogen-bond donors (Lipinski definition) is 1. The van der Waals surface area contributed by atoms with Crippen molar-refractivity contribution >= 4 is 55.4 Å². The van der Waals surface area contributed by atoms with Gasteiger partial charge in [-0.1, -0.05) is 41.9 Å². The van der Waals surface area contributed by atoms with Gasteiger partial charge >= 0.3 is 0 Å². The molecule has 0 saturated carbocycles. The lowest BCUT2D eigenvalue weighted by molar-refractivity contribution is 0.103. The fourth-order valence-electron chi connectivity index (χ4n) is 2.68. The molecule has 0 aliphatic carbocycles. The zero-order chi connectivity index (χ0) is 18.3. The van der Waals surface area contributed by atoms with Crippen LogP contribution in [0, 0.1) is 13.8 Å². The Balaban J connectivity index is 1.59. The molecule has 0 saturated heterocycles. The summed E-state index contributed by atoms with van der Waals surface area (Å²) in [6.07, 6.45) is 0. The van der Waals surface area contributed by atoms with Crippen molar-refractivity contribution in [2.45, 2.75) is 13.8 Å². The Morgan fingerprint density at radius 3 is 2.69 bits per heavy atom. The molecule has 130 valence electrons. The predicted molar refractivity (Wildman–Crippen MR) is 112 cm³/mol. The summed E-state index contributed by atoms with van der Waals surface area (Å²) in [6.45, 7) is 4.16. The van der Waals surface area contributed by atoms with Crippen LogP contribution in [0.25, 0.3) is 21.3 Å². The van der Waals surface area contributed by atoms with E-state index in [2.05, 4.69) is 36.3 Å². The molecule has 2 heterocycles. The Kier molecular flexibility index (Phi) is 4.53. The number of nitrogens with zero attached hydrogens (tertiary/aromatic N) is 1. The molecule has 0 atom stereocenters. The summed E-state index contributed by atoms with van der Waals surface area (Å²) in [5, 5.41) is 6.78. The van der Waals surface area contributed by atoms with Gasteiger partial charge in [-0.3, -0.25) is 10.1 Å². The Labute approximate surface area is 164 Å². The monoisotopic (exact) mass is 398 g/mol. The number of thiazole rings is 1.